The number of amides is 1. The van der Waals surface area contributed by atoms with Crippen LogP contribution in [0.15, 0.2) is 12.1 Å². The predicted molar refractivity (Wildman–Crippen MR) is 108 cm³/mol. The van der Waals surface area contributed by atoms with Crippen molar-refractivity contribution in [2.24, 2.45) is 5.92 Å². The molecule has 10 heteroatoms. The van der Waals surface area contributed by atoms with E-state index in [1.54, 1.807) is 13.1 Å². The number of halogens is 3. The number of carbonyl (C=O) groups excluding carboxylic acids is 1. The van der Waals surface area contributed by atoms with Gasteiger partial charge in [0.05, 0.1) is 22.1 Å². The Morgan fingerprint density at radius 3 is 2.30 bits per heavy atom. The summed E-state index contributed by atoms with van der Waals surface area (Å²) >= 11 is 0. The van der Waals surface area contributed by atoms with Gasteiger partial charge in [0.15, 0.2) is 0 Å². The molecule has 30 heavy (non-hydrogen) atoms. The van der Waals surface area contributed by atoms with Crippen LogP contribution < -0.4 is 15.5 Å². The van der Waals surface area contributed by atoms with Crippen molar-refractivity contribution in [1.82, 2.24) is 5.32 Å². The van der Waals surface area contributed by atoms with Crippen molar-refractivity contribution in [3.63, 3.8) is 0 Å². The number of carbonyl (C=O) groups is 1. The van der Waals surface area contributed by atoms with Gasteiger partial charge in [-0.15, -0.1) is 0 Å². The molecule has 3 rings (SSSR count). The van der Waals surface area contributed by atoms with Gasteiger partial charge < -0.3 is 15.5 Å². The van der Waals surface area contributed by atoms with E-state index in [2.05, 4.69) is 10.6 Å². The van der Waals surface area contributed by atoms with Gasteiger partial charge >= 0.3 is 6.18 Å². The molecule has 0 radical (unpaired) electrons. The van der Waals surface area contributed by atoms with Crippen molar-refractivity contribution in [2.45, 2.75) is 57.2 Å². The second-order valence-corrected chi connectivity index (χ2v) is 8.00. The van der Waals surface area contributed by atoms with Gasteiger partial charge in [0.1, 0.15) is 5.69 Å². The number of hydrogen-bond donors (Lipinski definition) is 2. The molecule has 1 aromatic carbocycles. The molecule has 166 valence electrons. The fourth-order valence-electron chi connectivity index (χ4n) is 4.33. The average molecular weight is 428 g/mol. The zero-order valence-electron chi connectivity index (χ0n) is 16.9. The molecule has 0 atom stereocenters. The maximum Gasteiger partial charge on any atom is 0.391 e. The van der Waals surface area contributed by atoms with Gasteiger partial charge in [0, 0.05) is 32.2 Å². The summed E-state index contributed by atoms with van der Waals surface area (Å²) in [6.45, 7) is 1.50. The van der Waals surface area contributed by atoms with Crippen LogP contribution in [0, 0.1) is 16.0 Å². The van der Waals surface area contributed by atoms with E-state index in [1.807, 2.05) is 4.90 Å². The molecule has 0 aromatic heterocycles. The van der Waals surface area contributed by atoms with Crippen molar-refractivity contribution in [3.8, 4) is 0 Å². The molecule has 1 saturated carbocycles. The first-order valence-electron chi connectivity index (χ1n) is 10.3. The van der Waals surface area contributed by atoms with Crippen LogP contribution in [0.1, 0.15) is 55.3 Å². The fraction of sp³-hybridized carbons (Fsp3) is 0.650. The highest BCUT2D eigenvalue weighted by atomic mass is 19.4. The van der Waals surface area contributed by atoms with E-state index in [1.165, 1.54) is 6.07 Å². The monoisotopic (exact) mass is 428 g/mol. The Balaban J connectivity index is 1.83. The number of nitro groups is 1. The first-order chi connectivity index (χ1) is 14.2. The Morgan fingerprint density at radius 1 is 1.13 bits per heavy atom. The maximum absolute atomic E-state index is 13.0. The minimum absolute atomic E-state index is 0.0216. The summed E-state index contributed by atoms with van der Waals surface area (Å²) in [5, 5.41) is 17.1. The molecule has 2 N–H and O–H groups in total. The van der Waals surface area contributed by atoms with E-state index in [-0.39, 0.29) is 43.0 Å². The summed E-state index contributed by atoms with van der Waals surface area (Å²) in [5.41, 5.74) is 0.929. The minimum Gasteiger partial charge on any atom is -0.383 e. The SMILES string of the molecule is CNc1cc(N2CCCCC2)c(C(=O)NC2CCC(C(F)(F)F)CC2)cc1[N+](=O)[O-]. The fourth-order valence-corrected chi connectivity index (χ4v) is 4.33. The molecule has 2 aliphatic rings. The molecule has 1 saturated heterocycles. The lowest BCUT2D eigenvalue weighted by Gasteiger charge is -2.32. The van der Waals surface area contributed by atoms with Gasteiger partial charge in [-0.3, -0.25) is 14.9 Å². The van der Waals surface area contributed by atoms with E-state index in [0.29, 0.717) is 11.4 Å². The Kier molecular flexibility index (Phi) is 6.72. The molecule has 0 unspecified atom stereocenters. The zero-order valence-corrected chi connectivity index (χ0v) is 16.9. The Hall–Kier alpha value is -2.52. The average Bonchev–Trinajstić information content (AvgIpc) is 2.73. The molecule has 7 nitrogen and oxygen atoms in total. The molecule has 1 heterocycles. The number of benzene rings is 1. The van der Waals surface area contributed by atoms with Gasteiger partial charge in [-0.2, -0.15) is 13.2 Å². The summed E-state index contributed by atoms with van der Waals surface area (Å²) in [4.78, 5) is 26.0. The normalized spacial score (nSPS) is 22.5. The summed E-state index contributed by atoms with van der Waals surface area (Å²) in [5.74, 6) is -1.80. The molecule has 1 aromatic rings. The standard InChI is InChI=1S/C20H27F3N4O3/c1-24-16-12-17(26-9-3-2-4-10-26)15(11-18(16)27(29)30)19(28)25-14-7-5-13(6-8-14)20(21,22)23/h11-14,24H,2-10H2,1H3,(H,25,28). The maximum atomic E-state index is 13.0. The molecule has 0 bridgehead atoms. The zero-order chi connectivity index (χ0) is 21.9. The first kappa shape index (κ1) is 22.2. The van der Waals surface area contributed by atoms with Gasteiger partial charge in [0.2, 0.25) is 0 Å². The summed E-state index contributed by atoms with van der Waals surface area (Å²) in [6.07, 6.45) is -0.745. The van der Waals surface area contributed by atoms with E-state index in [9.17, 15) is 28.1 Å². The lowest BCUT2D eigenvalue weighted by Crippen LogP contribution is -2.41. The van der Waals surface area contributed by atoms with Crippen LogP contribution in [0.25, 0.3) is 0 Å². The molecular weight excluding hydrogens is 401 g/mol. The number of nitro benzene ring substituents is 1. The molecule has 0 spiro atoms. The number of alkyl halides is 3. The van der Waals surface area contributed by atoms with E-state index in [0.717, 1.165) is 32.4 Å². The molecule has 1 aliphatic carbocycles. The van der Waals surface area contributed by atoms with E-state index >= 15 is 0 Å². The number of anilines is 2. The topological polar surface area (TPSA) is 87.5 Å². The quantitative estimate of drug-likeness (QED) is 0.533. The van der Waals surface area contributed by atoms with Crippen LogP contribution in [0.2, 0.25) is 0 Å². The van der Waals surface area contributed by atoms with Crippen LogP contribution in [-0.2, 0) is 0 Å². The van der Waals surface area contributed by atoms with Gasteiger partial charge in [-0.25, -0.2) is 0 Å². The molecule has 1 aliphatic heterocycles. The highest BCUT2D eigenvalue weighted by Crippen LogP contribution is 2.38. The summed E-state index contributed by atoms with van der Waals surface area (Å²) in [6, 6.07) is 2.53. The van der Waals surface area contributed by atoms with Crippen molar-refractivity contribution in [1.29, 1.82) is 0 Å². The van der Waals surface area contributed by atoms with E-state index < -0.39 is 22.9 Å². The second kappa shape index (κ2) is 9.09. The predicted octanol–water partition coefficient (Wildman–Crippen LogP) is 4.48. The number of nitrogens with one attached hydrogen (secondary N) is 2. The van der Waals surface area contributed by atoms with E-state index in [4.69, 9.17) is 0 Å². The summed E-state index contributed by atoms with van der Waals surface area (Å²) < 4.78 is 38.7. The third-order valence-corrected chi connectivity index (χ3v) is 6.05. The van der Waals surface area contributed by atoms with Gasteiger partial charge in [0.25, 0.3) is 11.6 Å². The summed E-state index contributed by atoms with van der Waals surface area (Å²) in [7, 11) is 1.58. The highest BCUT2D eigenvalue weighted by molar-refractivity contribution is 6.02. The van der Waals surface area contributed by atoms with Gasteiger partial charge in [-0.05, 0) is 51.0 Å². The van der Waals surface area contributed by atoms with Gasteiger partial charge in [-0.1, -0.05) is 0 Å². The van der Waals surface area contributed by atoms with Crippen LogP contribution >= 0.6 is 0 Å². The Labute approximate surface area is 173 Å². The lowest BCUT2D eigenvalue weighted by atomic mass is 9.85. The van der Waals surface area contributed by atoms with Crippen molar-refractivity contribution < 1.29 is 22.9 Å². The highest BCUT2D eigenvalue weighted by Gasteiger charge is 2.41. The van der Waals surface area contributed by atoms with Crippen LogP contribution in [0.4, 0.5) is 30.2 Å². The number of nitrogens with zero attached hydrogens (tertiary/aromatic N) is 2. The Bertz CT molecular complexity index is 786. The second-order valence-electron chi connectivity index (χ2n) is 8.00. The van der Waals surface area contributed by atoms with Crippen molar-refractivity contribution in [2.75, 3.05) is 30.4 Å². The van der Waals surface area contributed by atoms with Crippen molar-refractivity contribution in [3.05, 3.63) is 27.8 Å². The lowest BCUT2D eigenvalue weighted by molar-refractivity contribution is -0.384. The smallest absolute Gasteiger partial charge is 0.383 e. The van der Waals surface area contributed by atoms with Crippen molar-refractivity contribution >= 4 is 23.0 Å². The van der Waals surface area contributed by atoms with Crippen LogP contribution in [0.3, 0.4) is 0 Å². The number of piperidine rings is 1. The third-order valence-electron chi connectivity index (χ3n) is 6.05. The van der Waals surface area contributed by atoms with Crippen LogP contribution in [-0.4, -0.2) is 43.2 Å². The number of rotatable bonds is 5. The number of hydrogen-bond acceptors (Lipinski definition) is 5. The Morgan fingerprint density at radius 2 is 1.77 bits per heavy atom. The minimum atomic E-state index is -4.21. The largest absolute Gasteiger partial charge is 0.391 e. The molecule has 2 fully saturated rings. The van der Waals surface area contributed by atoms with Crippen LogP contribution in [0.5, 0.6) is 0 Å². The molecular formula is C20H27F3N4O3. The molecule has 1 amide bonds. The first-order valence-corrected chi connectivity index (χ1v) is 10.3. The third kappa shape index (κ3) is 4.96.